The molecule has 0 aliphatic heterocycles. The maximum Gasteiger partial charge on any atom is 0.294 e. The third-order valence-corrected chi connectivity index (χ3v) is 2.93. The van der Waals surface area contributed by atoms with E-state index in [2.05, 4.69) is 0 Å². The van der Waals surface area contributed by atoms with Crippen LogP contribution in [0.1, 0.15) is 0 Å². The molecule has 0 saturated heterocycles. The van der Waals surface area contributed by atoms with Crippen LogP contribution in [-0.4, -0.2) is 14.2 Å². The minimum absolute atomic E-state index is 1.14. The van der Waals surface area contributed by atoms with E-state index in [1.807, 2.05) is 30.3 Å². The molecule has 1 aromatic rings. The fraction of sp³-hybridized carbons (Fsp3) is 0.250. The van der Waals surface area contributed by atoms with Crippen molar-refractivity contribution in [1.82, 2.24) is 0 Å². The first-order valence-electron chi connectivity index (χ1n) is 3.39. The van der Waals surface area contributed by atoms with Crippen LogP contribution in [0.5, 0.6) is 0 Å². The second-order valence-electron chi connectivity index (χ2n) is 2.06. The van der Waals surface area contributed by atoms with Crippen LogP contribution in [0.15, 0.2) is 30.3 Å². The first-order valence-corrected chi connectivity index (χ1v) is 4.70. The van der Waals surface area contributed by atoms with Gasteiger partial charge in [-0.3, -0.25) is 0 Å². The quantitative estimate of drug-likeness (QED) is 0.644. The third-order valence-electron chi connectivity index (χ3n) is 1.38. The van der Waals surface area contributed by atoms with E-state index in [0.29, 0.717) is 0 Å². The maximum atomic E-state index is 5.17. The molecule has 0 aromatic heterocycles. The van der Waals surface area contributed by atoms with Gasteiger partial charge in [0.15, 0.2) is 5.30 Å². The Morgan fingerprint density at radius 2 is 1.55 bits per heavy atom. The van der Waals surface area contributed by atoms with Gasteiger partial charge in [0.2, 0.25) is 0 Å². The van der Waals surface area contributed by atoms with E-state index in [9.17, 15) is 0 Å². The van der Waals surface area contributed by atoms with Gasteiger partial charge in [-0.25, -0.2) is 9.05 Å². The van der Waals surface area contributed by atoms with Crippen LogP contribution in [0.25, 0.3) is 0 Å². The number of hydrogen-bond acceptors (Lipinski definition) is 2. The van der Waals surface area contributed by atoms with Crippen LogP contribution in [0.3, 0.4) is 0 Å². The summed E-state index contributed by atoms with van der Waals surface area (Å²) in [5.41, 5.74) is 0. The average molecular weight is 171 g/mol. The fourth-order valence-corrected chi connectivity index (χ4v) is 2.00. The summed E-state index contributed by atoms with van der Waals surface area (Å²) in [7, 11) is 2.14. The smallest absolute Gasteiger partial charge is 0.207 e. The van der Waals surface area contributed by atoms with Crippen LogP contribution in [-0.2, 0) is 9.05 Å². The van der Waals surface area contributed by atoms with Crippen molar-refractivity contribution in [3.05, 3.63) is 30.3 Å². The third kappa shape index (κ3) is 2.26. The Labute approximate surface area is 68.1 Å². The minimum Gasteiger partial charge on any atom is -0.207 e. The van der Waals surface area contributed by atoms with Crippen molar-refractivity contribution in [2.24, 2.45) is 0 Å². The monoisotopic (exact) mass is 171 g/mol. The van der Waals surface area contributed by atoms with Gasteiger partial charge >= 0.3 is 0 Å². The van der Waals surface area contributed by atoms with Gasteiger partial charge in [0.05, 0.1) is 14.2 Å². The van der Waals surface area contributed by atoms with Crippen molar-refractivity contribution in [2.45, 2.75) is 0 Å². The predicted octanol–water partition coefficient (Wildman–Crippen LogP) is 1.65. The number of benzene rings is 1. The number of rotatable bonds is 3. The van der Waals surface area contributed by atoms with E-state index >= 15 is 0 Å². The summed E-state index contributed by atoms with van der Waals surface area (Å²) in [5.74, 6) is 0. The van der Waals surface area contributed by atoms with Crippen molar-refractivity contribution < 1.29 is 9.05 Å². The average Bonchev–Trinajstić information content (AvgIpc) is 2.09. The summed E-state index contributed by atoms with van der Waals surface area (Å²) >= 11 is 0. The first-order chi connectivity index (χ1) is 5.38. The lowest BCUT2D eigenvalue weighted by molar-refractivity contribution is 0.350. The van der Waals surface area contributed by atoms with Gasteiger partial charge < -0.3 is 0 Å². The van der Waals surface area contributed by atoms with Gasteiger partial charge in [0.25, 0.3) is 8.38 Å². The number of hydrogen-bond donors (Lipinski definition) is 0. The highest BCUT2D eigenvalue weighted by molar-refractivity contribution is 7.55. The Morgan fingerprint density at radius 3 is 2.00 bits per heavy atom. The molecule has 0 unspecified atom stereocenters. The molecule has 0 amide bonds. The summed E-state index contributed by atoms with van der Waals surface area (Å²) in [6, 6.07) is 9.98. The Hall–Kier alpha value is -0.430. The summed E-state index contributed by atoms with van der Waals surface area (Å²) in [4.78, 5) is 0. The summed E-state index contributed by atoms with van der Waals surface area (Å²) in [5, 5.41) is 1.14. The van der Waals surface area contributed by atoms with E-state index in [-0.39, 0.29) is 0 Å². The van der Waals surface area contributed by atoms with Gasteiger partial charge in [-0.2, -0.15) is 0 Å². The molecule has 11 heavy (non-hydrogen) atoms. The molecule has 0 fully saturated rings. The first kappa shape index (κ1) is 8.66. The Kier molecular flexibility index (Phi) is 3.50. The van der Waals surface area contributed by atoms with Gasteiger partial charge in [-0.05, 0) is 12.1 Å². The molecule has 0 saturated carbocycles. The summed E-state index contributed by atoms with van der Waals surface area (Å²) in [6.45, 7) is 0. The lowest BCUT2D eigenvalue weighted by Gasteiger charge is -2.01. The molecule has 0 aliphatic carbocycles. The lowest BCUT2D eigenvalue weighted by atomic mass is 10.4. The van der Waals surface area contributed by atoms with Crippen molar-refractivity contribution in [1.29, 1.82) is 0 Å². The highest BCUT2D eigenvalue weighted by Crippen LogP contribution is 2.34. The molecule has 0 heterocycles. The maximum absolute atomic E-state index is 5.17. The molecule has 2 nitrogen and oxygen atoms in total. The van der Waals surface area contributed by atoms with E-state index in [0.717, 1.165) is 5.30 Å². The molecule has 0 spiro atoms. The Bertz CT molecular complexity index is 197. The summed E-state index contributed by atoms with van der Waals surface area (Å²) < 4.78 is 10.3. The zero-order valence-corrected chi connectivity index (χ0v) is 7.70. The van der Waals surface area contributed by atoms with Crippen molar-refractivity contribution in [3.8, 4) is 0 Å². The van der Waals surface area contributed by atoms with Gasteiger partial charge in [-0.1, -0.05) is 18.2 Å². The van der Waals surface area contributed by atoms with E-state index < -0.39 is 8.38 Å². The molecule has 0 radical (unpaired) electrons. The molecule has 0 bridgehead atoms. The predicted molar refractivity (Wildman–Crippen MR) is 48.4 cm³/mol. The highest BCUT2D eigenvalue weighted by atomic mass is 31.2. The fourth-order valence-electron chi connectivity index (χ4n) is 0.893. The molecular weight excluding hydrogens is 159 g/mol. The van der Waals surface area contributed by atoms with Gasteiger partial charge in [0, 0.05) is 0 Å². The second-order valence-corrected chi connectivity index (χ2v) is 4.03. The molecule has 1 rings (SSSR count). The molecule has 0 atom stereocenters. The van der Waals surface area contributed by atoms with Crippen LogP contribution >= 0.6 is 8.38 Å². The van der Waals surface area contributed by atoms with Crippen LogP contribution < -0.4 is 5.30 Å². The largest absolute Gasteiger partial charge is 0.294 e. The second kappa shape index (κ2) is 4.45. The van der Waals surface area contributed by atoms with Crippen LogP contribution in [0.4, 0.5) is 0 Å². The van der Waals surface area contributed by atoms with E-state index in [1.165, 1.54) is 0 Å². The topological polar surface area (TPSA) is 18.5 Å². The minimum atomic E-state index is -1.20. The normalized spacial score (nSPS) is 10.5. The highest BCUT2D eigenvalue weighted by Gasteiger charge is 2.16. The SMILES string of the molecule is CO[PH+](OC)c1ccccc1. The van der Waals surface area contributed by atoms with Crippen LogP contribution in [0, 0.1) is 0 Å². The van der Waals surface area contributed by atoms with Crippen molar-refractivity contribution in [2.75, 3.05) is 14.2 Å². The standard InChI is InChI=1S/C8H11O2P/c1-9-11(10-2)8-6-4-3-5-7-8/h3-7H,1-2H3/p+1. The van der Waals surface area contributed by atoms with Crippen molar-refractivity contribution in [3.63, 3.8) is 0 Å². The Morgan fingerprint density at radius 1 is 1.00 bits per heavy atom. The van der Waals surface area contributed by atoms with E-state index in [1.54, 1.807) is 14.2 Å². The van der Waals surface area contributed by atoms with Crippen molar-refractivity contribution >= 4 is 13.7 Å². The Balaban J connectivity index is 2.74. The molecule has 3 heteroatoms. The van der Waals surface area contributed by atoms with E-state index in [4.69, 9.17) is 9.05 Å². The van der Waals surface area contributed by atoms with Gasteiger partial charge in [-0.15, -0.1) is 0 Å². The lowest BCUT2D eigenvalue weighted by Crippen LogP contribution is -2.01. The summed E-state index contributed by atoms with van der Waals surface area (Å²) in [6.07, 6.45) is 0. The van der Waals surface area contributed by atoms with Gasteiger partial charge in [0.1, 0.15) is 0 Å². The molecule has 0 N–H and O–H groups in total. The molecular formula is C8H12O2P+. The zero-order chi connectivity index (χ0) is 8.10. The molecule has 60 valence electrons. The zero-order valence-electron chi connectivity index (χ0n) is 6.70. The molecule has 1 aromatic carbocycles. The van der Waals surface area contributed by atoms with Crippen LogP contribution in [0.2, 0.25) is 0 Å². The molecule has 0 aliphatic rings.